The molecule has 0 bridgehead atoms. The number of esters is 1. The van der Waals surface area contributed by atoms with Gasteiger partial charge in [0.05, 0.1) is 12.7 Å². The molecule has 0 fully saturated rings. The van der Waals surface area contributed by atoms with Crippen LogP contribution in [-0.4, -0.2) is 18.2 Å². The first kappa shape index (κ1) is 12.0. The van der Waals surface area contributed by atoms with E-state index in [4.69, 9.17) is 0 Å². The first-order chi connectivity index (χ1) is 7.54. The average Bonchev–Trinajstić information content (AvgIpc) is 2.25. The summed E-state index contributed by atoms with van der Waals surface area (Å²) in [6, 6.07) is 1.38. The molecule has 0 aliphatic heterocycles. The Hall–Kier alpha value is -2.09. The van der Waals surface area contributed by atoms with E-state index in [0.29, 0.717) is 6.07 Å². The molecule has 5 heteroatoms. The lowest BCUT2D eigenvalue weighted by Gasteiger charge is -1.98. The number of rotatable bonds is 1. The molecule has 0 radical (unpaired) electrons. The van der Waals surface area contributed by atoms with Crippen LogP contribution in [0.2, 0.25) is 0 Å². The molecule has 0 aliphatic carbocycles. The summed E-state index contributed by atoms with van der Waals surface area (Å²) in [5, 5.41) is 9.21. The van der Waals surface area contributed by atoms with Crippen LogP contribution < -0.4 is 0 Å². The number of benzene rings is 1. The summed E-state index contributed by atoms with van der Waals surface area (Å²) in [7, 11) is 1.21. The predicted molar refractivity (Wildman–Crippen MR) is 51.5 cm³/mol. The zero-order valence-corrected chi connectivity index (χ0v) is 8.38. The number of methoxy groups -OCH3 is 1. The molecule has 84 valence electrons. The van der Waals surface area contributed by atoms with Gasteiger partial charge in [-0.05, 0) is 6.07 Å². The molecule has 0 unspecified atom stereocenters. The lowest BCUT2D eigenvalue weighted by Crippen LogP contribution is -1.97. The van der Waals surface area contributed by atoms with Gasteiger partial charge in [-0.25, -0.2) is 8.78 Å². The van der Waals surface area contributed by atoms with Crippen molar-refractivity contribution >= 4 is 5.97 Å². The van der Waals surface area contributed by atoms with Crippen LogP contribution in [0.3, 0.4) is 0 Å². The summed E-state index contributed by atoms with van der Waals surface area (Å²) < 4.78 is 29.7. The van der Waals surface area contributed by atoms with Gasteiger partial charge in [0.15, 0.2) is 11.6 Å². The van der Waals surface area contributed by atoms with E-state index < -0.39 is 23.4 Å². The maximum Gasteiger partial charge on any atom is 0.317 e. The van der Waals surface area contributed by atoms with Gasteiger partial charge in [0, 0.05) is 6.07 Å². The number of carbonyl (C=O) groups excluding carboxylic acids is 1. The van der Waals surface area contributed by atoms with E-state index in [1.165, 1.54) is 7.11 Å². The number of halogens is 2. The maximum absolute atomic E-state index is 12.8. The van der Waals surface area contributed by atoms with E-state index in [2.05, 4.69) is 16.6 Å². The molecule has 0 amide bonds. The highest BCUT2D eigenvalue weighted by Gasteiger charge is 2.06. The molecular formula is C11H8F2O3. The van der Waals surface area contributed by atoms with Crippen molar-refractivity contribution in [1.29, 1.82) is 0 Å². The van der Waals surface area contributed by atoms with Crippen LogP contribution in [0.15, 0.2) is 12.1 Å². The fourth-order valence-electron chi connectivity index (χ4n) is 0.920. The highest BCUT2D eigenvalue weighted by atomic mass is 19.2. The van der Waals surface area contributed by atoms with Crippen LogP contribution in [0.25, 0.3) is 0 Å². The number of phenols is 1. The van der Waals surface area contributed by atoms with Crippen molar-refractivity contribution in [2.45, 2.75) is 6.42 Å². The molecule has 0 saturated carbocycles. The topological polar surface area (TPSA) is 46.5 Å². The van der Waals surface area contributed by atoms with Gasteiger partial charge in [-0.1, -0.05) is 11.8 Å². The van der Waals surface area contributed by atoms with Gasteiger partial charge in [-0.3, -0.25) is 4.79 Å². The van der Waals surface area contributed by atoms with Crippen LogP contribution in [-0.2, 0) is 9.53 Å². The van der Waals surface area contributed by atoms with Crippen molar-refractivity contribution in [3.05, 3.63) is 29.3 Å². The summed E-state index contributed by atoms with van der Waals surface area (Å²) in [5.74, 6) is 1.42. The van der Waals surface area contributed by atoms with E-state index in [0.717, 1.165) is 6.07 Å². The van der Waals surface area contributed by atoms with Gasteiger partial charge in [0.2, 0.25) is 0 Å². The van der Waals surface area contributed by atoms with Crippen molar-refractivity contribution < 1.29 is 23.4 Å². The largest absolute Gasteiger partial charge is 0.507 e. The Balaban J connectivity index is 2.89. The molecule has 1 aromatic rings. The molecule has 0 saturated heterocycles. The fraction of sp³-hybridized carbons (Fsp3) is 0.182. The smallest absolute Gasteiger partial charge is 0.317 e. The fourth-order valence-corrected chi connectivity index (χ4v) is 0.920. The molecule has 1 N–H and O–H groups in total. The quantitative estimate of drug-likeness (QED) is 0.584. The van der Waals surface area contributed by atoms with Gasteiger partial charge >= 0.3 is 5.97 Å². The van der Waals surface area contributed by atoms with E-state index in [-0.39, 0.29) is 12.0 Å². The Morgan fingerprint density at radius 3 is 2.69 bits per heavy atom. The van der Waals surface area contributed by atoms with E-state index in [1.807, 2.05) is 0 Å². The zero-order valence-electron chi connectivity index (χ0n) is 8.38. The third-order valence-corrected chi connectivity index (χ3v) is 1.72. The third-order valence-electron chi connectivity index (χ3n) is 1.72. The second-order valence-corrected chi connectivity index (χ2v) is 2.84. The van der Waals surface area contributed by atoms with Gasteiger partial charge in [0.25, 0.3) is 0 Å². The van der Waals surface area contributed by atoms with Crippen molar-refractivity contribution in [3.63, 3.8) is 0 Å². The molecular weight excluding hydrogens is 218 g/mol. The summed E-state index contributed by atoms with van der Waals surface area (Å²) in [4.78, 5) is 10.7. The highest BCUT2D eigenvalue weighted by Crippen LogP contribution is 2.19. The minimum atomic E-state index is -1.16. The monoisotopic (exact) mass is 226 g/mol. The van der Waals surface area contributed by atoms with Gasteiger partial charge < -0.3 is 9.84 Å². The summed E-state index contributed by atoms with van der Waals surface area (Å²) >= 11 is 0. The Bertz CT molecular complexity index is 472. The van der Waals surface area contributed by atoms with Crippen molar-refractivity contribution in [3.8, 4) is 17.6 Å². The van der Waals surface area contributed by atoms with Gasteiger partial charge in [-0.2, -0.15) is 0 Å². The zero-order chi connectivity index (χ0) is 12.1. The first-order valence-corrected chi connectivity index (χ1v) is 4.28. The molecule has 0 atom stereocenters. The molecule has 1 rings (SSSR count). The number of phenolic OH excluding ortho intramolecular Hbond substituents is 1. The van der Waals surface area contributed by atoms with Crippen molar-refractivity contribution in [2.75, 3.05) is 7.11 Å². The standard InChI is InChI=1S/C11H8F2O3/c1-16-11(15)4-2-3-7-5-8(12)9(13)6-10(7)14/h5-6,14H,4H2,1H3. The Labute approximate surface area is 90.7 Å². The number of ether oxygens (including phenoxy) is 1. The van der Waals surface area contributed by atoms with Crippen LogP contribution in [0, 0.1) is 23.5 Å². The summed E-state index contributed by atoms with van der Waals surface area (Å²) in [6.45, 7) is 0. The minimum Gasteiger partial charge on any atom is -0.507 e. The maximum atomic E-state index is 12.8. The third kappa shape index (κ3) is 2.95. The van der Waals surface area contributed by atoms with Crippen molar-refractivity contribution in [1.82, 2.24) is 0 Å². The van der Waals surface area contributed by atoms with Gasteiger partial charge in [-0.15, -0.1) is 0 Å². The molecule has 16 heavy (non-hydrogen) atoms. The summed E-state index contributed by atoms with van der Waals surface area (Å²) in [6.07, 6.45) is -0.186. The van der Waals surface area contributed by atoms with E-state index >= 15 is 0 Å². The summed E-state index contributed by atoms with van der Waals surface area (Å²) in [5.41, 5.74) is -0.0807. The van der Waals surface area contributed by atoms with E-state index in [1.54, 1.807) is 0 Å². The Morgan fingerprint density at radius 1 is 1.44 bits per heavy atom. The Kier molecular flexibility index (Phi) is 3.84. The SMILES string of the molecule is COC(=O)CC#Cc1cc(F)c(F)cc1O. The molecule has 0 heterocycles. The second kappa shape index (κ2) is 5.12. The number of aromatic hydroxyl groups is 1. The van der Waals surface area contributed by atoms with Crippen LogP contribution >= 0.6 is 0 Å². The number of carbonyl (C=O) groups is 1. The number of hydrogen-bond acceptors (Lipinski definition) is 3. The molecule has 3 nitrogen and oxygen atoms in total. The normalized spacial score (nSPS) is 9.19. The predicted octanol–water partition coefficient (Wildman–Crippen LogP) is 1.58. The second-order valence-electron chi connectivity index (χ2n) is 2.84. The lowest BCUT2D eigenvalue weighted by molar-refractivity contribution is -0.139. The average molecular weight is 226 g/mol. The minimum absolute atomic E-state index is 0.0807. The number of hydrogen-bond donors (Lipinski definition) is 1. The Morgan fingerprint density at radius 2 is 2.06 bits per heavy atom. The lowest BCUT2D eigenvalue weighted by atomic mass is 10.2. The van der Waals surface area contributed by atoms with Crippen LogP contribution in [0.4, 0.5) is 8.78 Å². The van der Waals surface area contributed by atoms with Crippen LogP contribution in [0.5, 0.6) is 5.75 Å². The highest BCUT2D eigenvalue weighted by molar-refractivity contribution is 5.72. The first-order valence-electron chi connectivity index (χ1n) is 4.28. The van der Waals surface area contributed by atoms with Gasteiger partial charge in [0.1, 0.15) is 12.2 Å². The molecule has 1 aromatic carbocycles. The van der Waals surface area contributed by atoms with Crippen LogP contribution in [0.1, 0.15) is 12.0 Å². The molecule has 0 aromatic heterocycles. The van der Waals surface area contributed by atoms with E-state index in [9.17, 15) is 18.7 Å². The molecule has 0 aliphatic rings. The van der Waals surface area contributed by atoms with Crippen molar-refractivity contribution in [2.24, 2.45) is 0 Å². The molecule has 0 spiro atoms.